The molecule has 0 saturated carbocycles. The molecular weight excluding hydrogens is 685 g/mol. The summed E-state index contributed by atoms with van der Waals surface area (Å²) in [6, 6.07) is 0. The Morgan fingerprint density at radius 3 is 1.29 bits per heavy atom. The van der Waals surface area contributed by atoms with Crippen LogP contribution < -0.4 is 0 Å². The van der Waals surface area contributed by atoms with Crippen LogP contribution in [-0.2, 0) is 28.6 Å². The lowest BCUT2D eigenvalue weighted by molar-refractivity contribution is -0.167. The lowest BCUT2D eigenvalue weighted by atomic mass is 10.1. The molecule has 0 fully saturated rings. The highest BCUT2D eigenvalue weighted by Gasteiger charge is 2.19. The second-order valence-electron chi connectivity index (χ2n) is 14.9. The summed E-state index contributed by atoms with van der Waals surface area (Å²) in [4.78, 5) is 37.7. The van der Waals surface area contributed by atoms with Crippen LogP contribution in [0.25, 0.3) is 0 Å². The number of unbranched alkanes of at least 4 members (excludes halogenated alkanes) is 20. The Morgan fingerprint density at radius 2 is 0.782 bits per heavy atom. The molecule has 0 aliphatic rings. The highest BCUT2D eigenvalue weighted by molar-refractivity contribution is 5.71. The summed E-state index contributed by atoms with van der Waals surface area (Å²) < 4.78 is 16.6. The average molecular weight is 769 g/mol. The van der Waals surface area contributed by atoms with Crippen molar-refractivity contribution in [3.8, 4) is 0 Å². The van der Waals surface area contributed by atoms with E-state index in [0.29, 0.717) is 19.3 Å². The first kappa shape index (κ1) is 52.1. The van der Waals surface area contributed by atoms with Crippen LogP contribution in [0.15, 0.2) is 60.8 Å². The van der Waals surface area contributed by atoms with Crippen LogP contribution in [0.1, 0.15) is 213 Å². The van der Waals surface area contributed by atoms with Gasteiger partial charge in [0.15, 0.2) is 6.10 Å². The molecule has 0 N–H and O–H groups in total. The van der Waals surface area contributed by atoms with Crippen LogP contribution >= 0.6 is 0 Å². The Balaban J connectivity index is 4.45. The number of carbonyl (C=O) groups is 3. The largest absolute Gasteiger partial charge is 0.462 e. The van der Waals surface area contributed by atoms with Gasteiger partial charge in [0, 0.05) is 19.3 Å². The topological polar surface area (TPSA) is 78.9 Å². The minimum atomic E-state index is -0.795. The van der Waals surface area contributed by atoms with Crippen molar-refractivity contribution < 1.29 is 28.6 Å². The minimum absolute atomic E-state index is 0.0970. The molecule has 0 aliphatic heterocycles. The van der Waals surface area contributed by atoms with Crippen molar-refractivity contribution in [3.63, 3.8) is 0 Å². The van der Waals surface area contributed by atoms with Gasteiger partial charge in [0.2, 0.25) is 0 Å². The van der Waals surface area contributed by atoms with Crippen molar-refractivity contribution in [2.45, 2.75) is 219 Å². The SMILES string of the molecule is CC/C=C\C/C=C\CCCCCCCC(=O)OC(COC(=O)CCCCC/C=C\C=C/CCCC)COC(=O)CCCCC/C=C\CCCCCCCCC. The minimum Gasteiger partial charge on any atom is -0.462 e. The molecule has 0 aromatic heterocycles. The first-order valence-electron chi connectivity index (χ1n) is 22.8. The molecular formula is C49H84O6. The van der Waals surface area contributed by atoms with Gasteiger partial charge in [-0.05, 0) is 89.9 Å². The molecule has 1 atom stereocenters. The number of esters is 3. The molecule has 0 saturated heterocycles. The predicted octanol–water partition coefficient (Wildman–Crippen LogP) is 14.5. The Morgan fingerprint density at radius 1 is 0.400 bits per heavy atom. The van der Waals surface area contributed by atoms with E-state index in [2.05, 4.69) is 81.5 Å². The molecule has 0 amide bonds. The van der Waals surface area contributed by atoms with Crippen molar-refractivity contribution >= 4 is 17.9 Å². The average Bonchev–Trinajstić information content (AvgIpc) is 3.18. The molecule has 6 heteroatoms. The molecule has 0 aliphatic carbocycles. The molecule has 6 nitrogen and oxygen atoms in total. The van der Waals surface area contributed by atoms with Gasteiger partial charge in [-0.1, -0.05) is 165 Å². The fraction of sp³-hybridized carbons (Fsp3) is 0.735. The molecule has 55 heavy (non-hydrogen) atoms. The summed E-state index contributed by atoms with van der Waals surface area (Å²) >= 11 is 0. The number of allylic oxidation sites excluding steroid dienone is 10. The Hall–Kier alpha value is -2.89. The highest BCUT2D eigenvalue weighted by atomic mass is 16.6. The molecule has 1 unspecified atom stereocenters. The standard InChI is InChI=1S/C49H84O6/c1-4-7-10-13-16-19-22-24-25-28-30-33-36-39-42-48(51)54-45-46(44-53-47(50)41-38-35-32-29-26-21-18-15-12-9-6-3)55-49(52)43-40-37-34-31-27-23-20-17-14-11-8-5-2/h8,11,15,17-18,20-21,25-26,28,46H,4-7,9-10,12-14,16,19,22-24,27,29-45H2,1-3H3/b11-8-,18-15-,20-17-,26-21-,28-25-. The van der Waals surface area contributed by atoms with Crippen LogP contribution in [0.4, 0.5) is 0 Å². The maximum absolute atomic E-state index is 12.7. The van der Waals surface area contributed by atoms with Crippen molar-refractivity contribution in [3.05, 3.63) is 60.8 Å². The molecule has 0 rings (SSSR count). The van der Waals surface area contributed by atoms with Gasteiger partial charge >= 0.3 is 17.9 Å². The maximum atomic E-state index is 12.7. The van der Waals surface area contributed by atoms with Crippen molar-refractivity contribution in [1.29, 1.82) is 0 Å². The van der Waals surface area contributed by atoms with E-state index in [1.165, 1.54) is 57.8 Å². The lowest BCUT2D eigenvalue weighted by Gasteiger charge is -2.18. The van der Waals surface area contributed by atoms with Gasteiger partial charge in [-0.15, -0.1) is 0 Å². The van der Waals surface area contributed by atoms with Crippen LogP contribution in [-0.4, -0.2) is 37.2 Å². The highest BCUT2D eigenvalue weighted by Crippen LogP contribution is 2.13. The lowest BCUT2D eigenvalue weighted by Crippen LogP contribution is -2.30. The van der Waals surface area contributed by atoms with Crippen LogP contribution in [0, 0.1) is 0 Å². The fourth-order valence-corrected chi connectivity index (χ4v) is 6.04. The third-order valence-corrected chi connectivity index (χ3v) is 9.50. The number of carbonyl (C=O) groups excluding carboxylic acids is 3. The van der Waals surface area contributed by atoms with Gasteiger partial charge < -0.3 is 14.2 Å². The Labute approximate surface area is 339 Å². The molecule has 0 aromatic carbocycles. The third kappa shape index (κ3) is 42.1. The Bertz CT molecular complexity index is 1020. The molecule has 316 valence electrons. The van der Waals surface area contributed by atoms with E-state index >= 15 is 0 Å². The van der Waals surface area contributed by atoms with E-state index in [0.717, 1.165) is 116 Å². The zero-order chi connectivity index (χ0) is 40.1. The normalized spacial score (nSPS) is 12.6. The van der Waals surface area contributed by atoms with E-state index in [4.69, 9.17) is 14.2 Å². The van der Waals surface area contributed by atoms with Crippen LogP contribution in [0.2, 0.25) is 0 Å². The quantitative estimate of drug-likeness (QED) is 0.0203. The van der Waals surface area contributed by atoms with Gasteiger partial charge in [0.05, 0.1) is 0 Å². The van der Waals surface area contributed by atoms with E-state index in [-0.39, 0.29) is 31.1 Å². The zero-order valence-corrected chi connectivity index (χ0v) is 35.9. The van der Waals surface area contributed by atoms with Gasteiger partial charge in [-0.25, -0.2) is 0 Å². The summed E-state index contributed by atoms with van der Waals surface area (Å²) in [5.41, 5.74) is 0. The third-order valence-electron chi connectivity index (χ3n) is 9.50. The van der Waals surface area contributed by atoms with Crippen molar-refractivity contribution in [2.75, 3.05) is 13.2 Å². The zero-order valence-electron chi connectivity index (χ0n) is 35.9. The predicted molar refractivity (Wildman–Crippen MR) is 233 cm³/mol. The number of ether oxygens (including phenoxy) is 3. The number of rotatable bonds is 40. The van der Waals surface area contributed by atoms with E-state index in [1.54, 1.807) is 0 Å². The second kappa shape index (κ2) is 43.8. The summed E-state index contributed by atoms with van der Waals surface area (Å²) in [6.45, 7) is 6.40. The molecule has 0 heterocycles. The number of hydrogen-bond acceptors (Lipinski definition) is 6. The van der Waals surface area contributed by atoms with E-state index in [9.17, 15) is 14.4 Å². The van der Waals surface area contributed by atoms with E-state index in [1.807, 2.05) is 0 Å². The summed E-state index contributed by atoms with van der Waals surface area (Å²) in [5, 5.41) is 0. The molecule has 0 bridgehead atoms. The smallest absolute Gasteiger partial charge is 0.306 e. The maximum Gasteiger partial charge on any atom is 0.306 e. The summed E-state index contributed by atoms with van der Waals surface area (Å²) in [6.07, 6.45) is 52.1. The van der Waals surface area contributed by atoms with Crippen LogP contribution in [0.5, 0.6) is 0 Å². The van der Waals surface area contributed by atoms with Crippen molar-refractivity contribution in [1.82, 2.24) is 0 Å². The van der Waals surface area contributed by atoms with Crippen molar-refractivity contribution in [2.24, 2.45) is 0 Å². The van der Waals surface area contributed by atoms with Crippen LogP contribution in [0.3, 0.4) is 0 Å². The summed E-state index contributed by atoms with van der Waals surface area (Å²) in [5.74, 6) is -0.960. The molecule has 0 aromatic rings. The summed E-state index contributed by atoms with van der Waals surface area (Å²) in [7, 11) is 0. The first-order valence-corrected chi connectivity index (χ1v) is 22.8. The monoisotopic (exact) mass is 769 g/mol. The fourth-order valence-electron chi connectivity index (χ4n) is 6.04. The van der Waals surface area contributed by atoms with Gasteiger partial charge in [-0.2, -0.15) is 0 Å². The van der Waals surface area contributed by atoms with Gasteiger partial charge in [0.1, 0.15) is 13.2 Å². The van der Waals surface area contributed by atoms with Gasteiger partial charge in [0.25, 0.3) is 0 Å². The number of hydrogen-bond donors (Lipinski definition) is 0. The second-order valence-corrected chi connectivity index (χ2v) is 14.9. The first-order chi connectivity index (χ1) is 27.0. The van der Waals surface area contributed by atoms with E-state index < -0.39 is 6.10 Å². The Kier molecular flexibility index (Phi) is 41.5. The molecule has 0 radical (unpaired) electrons. The van der Waals surface area contributed by atoms with Gasteiger partial charge in [-0.3, -0.25) is 14.4 Å². The molecule has 0 spiro atoms.